The lowest BCUT2D eigenvalue weighted by atomic mass is 10.1. The lowest BCUT2D eigenvalue weighted by molar-refractivity contribution is -0.388. The van der Waals surface area contributed by atoms with Crippen LogP contribution in [-0.2, 0) is 10.8 Å². The zero-order valence-corrected chi connectivity index (χ0v) is 10.7. The molecule has 1 aliphatic rings. The molecule has 18 heavy (non-hydrogen) atoms. The highest BCUT2D eigenvalue weighted by Gasteiger charge is 2.23. The molecule has 0 amide bonds. The number of nitrogens with one attached hydrogen (secondary N) is 1. The summed E-state index contributed by atoms with van der Waals surface area (Å²) in [4.78, 5) is 14.2. The number of piperidine rings is 1. The van der Waals surface area contributed by atoms with E-state index in [2.05, 4.69) is 10.3 Å². The average molecular weight is 269 g/mol. The van der Waals surface area contributed by atoms with Gasteiger partial charge in [0.15, 0.2) is 0 Å². The van der Waals surface area contributed by atoms with Gasteiger partial charge in [-0.25, -0.2) is 4.98 Å². The highest BCUT2D eigenvalue weighted by atomic mass is 32.2. The van der Waals surface area contributed by atoms with Crippen LogP contribution in [0.15, 0.2) is 23.4 Å². The maximum atomic E-state index is 12.1. The van der Waals surface area contributed by atoms with Gasteiger partial charge in [0.05, 0.1) is 15.7 Å². The lowest BCUT2D eigenvalue weighted by Gasteiger charge is -2.22. The molecule has 0 bridgehead atoms. The van der Waals surface area contributed by atoms with Gasteiger partial charge in [-0.2, -0.15) is 0 Å². The summed E-state index contributed by atoms with van der Waals surface area (Å²) in [6.07, 6.45) is 4.65. The fourth-order valence-electron chi connectivity index (χ4n) is 2.02. The second-order valence-electron chi connectivity index (χ2n) is 4.24. The standard InChI is InChI=1S/C11H15N3O3S/c15-14(16)10-5-3-7-13-11(10)18(17)8-9-4-1-2-6-12-9/h3,5,7,9,12H,1-2,4,6,8H2/t9-,18+/m1/s1. The van der Waals surface area contributed by atoms with E-state index >= 15 is 0 Å². The number of pyridine rings is 1. The third-order valence-electron chi connectivity index (χ3n) is 2.93. The number of aromatic nitrogens is 1. The number of rotatable bonds is 4. The molecule has 1 aromatic rings. The van der Waals surface area contributed by atoms with E-state index in [1.807, 2.05) is 0 Å². The van der Waals surface area contributed by atoms with Crippen LogP contribution in [0.5, 0.6) is 0 Å². The topological polar surface area (TPSA) is 85.1 Å². The summed E-state index contributed by atoms with van der Waals surface area (Å²) in [6, 6.07) is 2.99. The van der Waals surface area contributed by atoms with Crippen molar-refractivity contribution in [1.82, 2.24) is 10.3 Å². The Balaban J connectivity index is 2.10. The highest BCUT2D eigenvalue weighted by molar-refractivity contribution is 7.85. The molecule has 6 nitrogen and oxygen atoms in total. The summed E-state index contributed by atoms with van der Waals surface area (Å²) in [6.45, 7) is 0.923. The Morgan fingerprint density at radius 2 is 2.39 bits per heavy atom. The Hall–Kier alpha value is -1.34. The molecule has 0 saturated carbocycles. The fourth-order valence-corrected chi connectivity index (χ4v) is 3.39. The molecule has 0 unspecified atom stereocenters. The quantitative estimate of drug-likeness (QED) is 0.656. The Kier molecular flexibility index (Phi) is 4.38. The van der Waals surface area contributed by atoms with Gasteiger partial charge in [0.1, 0.15) is 0 Å². The predicted octanol–water partition coefficient (Wildman–Crippen LogP) is 1.24. The van der Waals surface area contributed by atoms with E-state index in [9.17, 15) is 14.3 Å². The SMILES string of the molecule is O=[N+]([O-])c1cccnc1[S@@](=O)C[C@H]1CCCCN1. The van der Waals surface area contributed by atoms with Gasteiger partial charge in [0.25, 0.3) is 0 Å². The largest absolute Gasteiger partial charge is 0.313 e. The van der Waals surface area contributed by atoms with Crippen LogP contribution in [0.25, 0.3) is 0 Å². The minimum atomic E-state index is -1.43. The molecular weight excluding hydrogens is 254 g/mol. The molecule has 1 aliphatic heterocycles. The van der Waals surface area contributed by atoms with E-state index in [-0.39, 0.29) is 16.8 Å². The smallest absolute Gasteiger partial charge is 0.303 e. The van der Waals surface area contributed by atoms with Crippen LogP contribution < -0.4 is 5.32 Å². The first-order valence-corrected chi connectivity index (χ1v) is 7.21. The van der Waals surface area contributed by atoms with Gasteiger partial charge in [0.2, 0.25) is 5.03 Å². The first-order chi connectivity index (χ1) is 8.68. The summed E-state index contributed by atoms with van der Waals surface area (Å²) in [5.74, 6) is 0.387. The normalized spacial score (nSPS) is 21.4. The molecule has 0 aliphatic carbocycles. The van der Waals surface area contributed by atoms with Crippen LogP contribution in [0.4, 0.5) is 5.69 Å². The minimum absolute atomic E-state index is 0.0786. The molecule has 0 radical (unpaired) electrons. The van der Waals surface area contributed by atoms with E-state index in [4.69, 9.17) is 0 Å². The van der Waals surface area contributed by atoms with Gasteiger partial charge < -0.3 is 5.32 Å². The predicted molar refractivity (Wildman–Crippen MR) is 67.8 cm³/mol. The van der Waals surface area contributed by atoms with E-state index in [0.29, 0.717) is 5.75 Å². The molecule has 1 aromatic heterocycles. The summed E-state index contributed by atoms with van der Waals surface area (Å²) in [5, 5.41) is 14.2. The van der Waals surface area contributed by atoms with E-state index in [1.165, 1.54) is 18.3 Å². The van der Waals surface area contributed by atoms with Crippen molar-refractivity contribution in [1.29, 1.82) is 0 Å². The second-order valence-corrected chi connectivity index (χ2v) is 5.65. The fraction of sp³-hybridized carbons (Fsp3) is 0.545. The Morgan fingerprint density at radius 3 is 3.06 bits per heavy atom. The third-order valence-corrected chi connectivity index (χ3v) is 4.38. The Bertz CT molecular complexity index is 461. The van der Waals surface area contributed by atoms with E-state index < -0.39 is 15.7 Å². The molecule has 1 saturated heterocycles. The number of nitro groups is 1. The zero-order chi connectivity index (χ0) is 13.0. The molecule has 0 spiro atoms. The van der Waals surface area contributed by atoms with E-state index in [0.717, 1.165) is 25.8 Å². The van der Waals surface area contributed by atoms with E-state index in [1.54, 1.807) is 0 Å². The Morgan fingerprint density at radius 1 is 1.56 bits per heavy atom. The molecule has 2 atom stereocenters. The molecule has 1 N–H and O–H groups in total. The third kappa shape index (κ3) is 3.11. The molecular formula is C11H15N3O3S. The van der Waals surface area contributed by atoms with Crippen molar-refractivity contribution in [2.24, 2.45) is 0 Å². The van der Waals surface area contributed by atoms with Gasteiger partial charge >= 0.3 is 5.69 Å². The molecule has 1 fully saturated rings. The van der Waals surface area contributed by atoms with Crippen molar-refractivity contribution in [2.45, 2.75) is 30.3 Å². The summed E-state index contributed by atoms with van der Waals surface area (Å²) >= 11 is 0. The van der Waals surface area contributed by atoms with Crippen molar-refractivity contribution in [3.63, 3.8) is 0 Å². The highest BCUT2D eigenvalue weighted by Crippen LogP contribution is 2.20. The number of nitrogens with zero attached hydrogens (tertiary/aromatic N) is 2. The zero-order valence-electron chi connectivity index (χ0n) is 9.87. The van der Waals surface area contributed by atoms with Gasteiger partial charge in [-0.1, -0.05) is 6.42 Å². The average Bonchev–Trinajstić information content (AvgIpc) is 2.40. The number of hydrogen-bond acceptors (Lipinski definition) is 5. The van der Waals surface area contributed by atoms with Crippen molar-refractivity contribution >= 4 is 16.5 Å². The minimum Gasteiger partial charge on any atom is -0.313 e. The lowest BCUT2D eigenvalue weighted by Crippen LogP contribution is -2.38. The van der Waals surface area contributed by atoms with Crippen molar-refractivity contribution in [3.8, 4) is 0 Å². The van der Waals surface area contributed by atoms with Gasteiger partial charge in [-0.15, -0.1) is 0 Å². The molecule has 2 heterocycles. The van der Waals surface area contributed by atoms with Crippen LogP contribution in [0, 0.1) is 10.1 Å². The molecule has 98 valence electrons. The van der Waals surface area contributed by atoms with Crippen LogP contribution >= 0.6 is 0 Å². The summed E-state index contributed by atoms with van der Waals surface area (Å²) < 4.78 is 12.1. The van der Waals surface area contributed by atoms with Crippen LogP contribution in [0.1, 0.15) is 19.3 Å². The first kappa shape index (κ1) is 13.1. The van der Waals surface area contributed by atoms with Crippen LogP contribution in [0.2, 0.25) is 0 Å². The van der Waals surface area contributed by atoms with Crippen molar-refractivity contribution in [2.75, 3.05) is 12.3 Å². The van der Waals surface area contributed by atoms with Gasteiger partial charge in [0, 0.05) is 24.1 Å². The van der Waals surface area contributed by atoms with Gasteiger partial charge in [-0.3, -0.25) is 14.3 Å². The first-order valence-electron chi connectivity index (χ1n) is 5.89. The number of hydrogen-bond donors (Lipinski definition) is 1. The maximum absolute atomic E-state index is 12.1. The second kappa shape index (κ2) is 6.01. The summed E-state index contributed by atoms with van der Waals surface area (Å²) in [5.41, 5.74) is -0.161. The van der Waals surface area contributed by atoms with Crippen molar-refractivity contribution in [3.05, 3.63) is 28.4 Å². The maximum Gasteiger partial charge on any atom is 0.303 e. The van der Waals surface area contributed by atoms with Crippen molar-refractivity contribution < 1.29 is 9.13 Å². The molecule has 7 heteroatoms. The summed E-state index contributed by atoms with van der Waals surface area (Å²) in [7, 11) is -1.43. The molecule has 2 rings (SSSR count). The van der Waals surface area contributed by atoms with Crippen LogP contribution in [-0.4, -0.2) is 32.5 Å². The monoisotopic (exact) mass is 269 g/mol. The van der Waals surface area contributed by atoms with Crippen LogP contribution in [0.3, 0.4) is 0 Å². The molecule has 0 aromatic carbocycles. The Labute approximate surface area is 107 Å². The van der Waals surface area contributed by atoms with Gasteiger partial charge in [-0.05, 0) is 25.5 Å².